The molecule has 1 heterocycles. The standard InChI is InChI=1S/C12H23NO/c1-13-12-4-2-3-11(12)9-10-5-7-14-8-6-10/h10-13H,2-9H2,1H3. The molecule has 0 amide bonds. The lowest BCUT2D eigenvalue weighted by Gasteiger charge is -2.27. The topological polar surface area (TPSA) is 21.3 Å². The molecule has 2 unspecified atom stereocenters. The van der Waals surface area contributed by atoms with E-state index in [0.717, 1.165) is 31.1 Å². The zero-order valence-corrected chi connectivity index (χ0v) is 9.30. The van der Waals surface area contributed by atoms with Gasteiger partial charge in [0, 0.05) is 19.3 Å². The van der Waals surface area contributed by atoms with E-state index in [1.807, 2.05) is 0 Å². The Morgan fingerprint density at radius 3 is 2.64 bits per heavy atom. The molecular formula is C12H23NO. The van der Waals surface area contributed by atoms with Crippen LogP contribution in [0.5, 0.6) is 0 Å². The zero-order valence-electron chi connectivity index (χ0n) is 9.30. The fraction of sp³-hybridized carbons (Fsp3) is 1.00. The number of rotatable bonds is 3. The monoisotopic (exact) mass is 197 g/mol. The normalized spacial score (nSPS) is 34.9. The van der Waals surface area contributed by atoms with Crippen molar-refractivity contribution in [1.82, 2.24) is 5.32 Å². The smallest absolute Gasteiger partial charge is 0.0468 e. The lowest BCUT2D eigenvalue weighted by molar-refractivity contribution is 0.0575. The Morgan fingerprint density at radius 2 is 1.93 bits per heavy atom. The first-order valence-corrected chi connectivity index (χ1v) is 6.15. The molecule has 0 radical (unpaired) electrons. The van der Waals surface area contributed by atoms with E-state index < -0.39 is 0 Å². The van der Waals surface area contributed by atoms with Crippen molar-refractivity contribution in [3.8, 4) is 0 Å². The van der Waals surface area contributed by atoms with E-state index >= 15 is 0 Å². The predicted octanol–water partition coefficient (Wildman–Crippen LogP) is 2.19. The lowest BCUT2D eigenvalue weighted by atomic mass is 9.86. The van der Waals surface area contributed by atoms with Gasteiger partial charge < -0.3 is 10.1 Å². The van der Waals surface area contributed by atoms with Crippen molar-refractivity contribution in [2.24, 2.45) is 11.8 Å². The van der Waals surface area contributed by atoms with Crippen LogP contribution < -0.4 is 5.32 Å². The van der Waals surface area contributed by atoms with Gasteiger partial charge in [-0.2, -0.15) is 0 Å². The number of hydrogen-bond acceptors (Lipinski definition) is 2. The molecule has 2 heteroatoms. The first-order valence-electron chi connectivity index (χ1n) is 6.15. The number of nitrogens with one attached hydrogen (secondary N) is 1. The van der Waals surface area contributed by atoms with Crippen LogP contribution in [0.2, 0.25) is 0 Å². The van der Waals surface area contributed by atoms with E-state index in [2.05, 4.69) is 12.4 Å². The molecule has 0 aromatic carbocycles. The van der Waals surface area contributed by atoms with E-state index in [1.165, 1.54) is 38.5 Å². The molecule has 82 valence electrons. The fourth-order valence-electron chi connectivity index (χ4n) is 3.11. The van der Waals surface area contributed by atoms with Crippen LogP contribution >= 0.6 is 0 Å². The van der Waals surface area contributed by atoms with Crippen molar-refractivity contribution in [3.63, 3.8) is 0 Å². The van der Waals surface area contributed by atoms with Crippen LogP contribution in [-0.4, -0.2) is 26.3 Å². The first kappa shape index (κ1) is 10.4. The summed E-state index contributed by atoms with van der Waals surface area (Å²) in [6.45, 7) is 2.00. The van der Waals surface area contributed by atoms with Crippen LogP contribution in [0.4, 0.5) is 0 Å². The highest BCUT2D eigenvalue weighted by atomic mass is 16.5. The van der Waals surface area contributed by atoms with Gasteiger partial charge in [0.25, 0.3) is 0 Å². The van der Waals surface area contributed by atoms with Crippen LogP contribution in [0.3, 0.4) is 0 Å². The number of hydrogen-bond donors (Lipinski definition) is 1. The number of ether oxygens (including phenoxy) is 1. The maximum absolute atomic E-state index is 5.40. The van der Waals surface area contributed by atoms with Gasteiger partial charge in [-0.05, 0) is 51.0 Å². The summed E-state index contributed by atoms with van der Waals surface area (Å²) in [7, 11) is 2.12. The summed E-state index contributed by atoms with van der Waals surface area (Å²) in [5.74, 6) is 1.89. The largest absolute Gasteiger partial charge is 0.381 e. The molecule has 0 aromatic heterocycles. The molecule has 2 atom stereocenters. The van der Waals surface area contributed by atoms with Crippen LogP contribution in [0, 0.1) is 11.8 Å². The Morgan fingerprint density at radius 1 is 1.14 bits per heavy atom. The molecule has 1 saturated carbocycles. The highest BCUT2D eigenvalue weighted by Gasteiger charge is 2.28. The Bertz CT molecular complexity index is 166. The molecule has 2 rings (SSSR count). The lowest BCUT2D eigenvalue weighted by Crippen LogP contribution is -2.31. The van der Waals surface area contributed by atoms with E-state index in [1.54, 1.807) is 0 Å². The summed E-state index contributed by atoms with van der Waals surface area (Å²) in [5.41, 5.74) is 0. The van der Waals surface area contributed by atoms with Gasteiger partial charge >= 0.3 is 0 Å². The minimum Gasteiger partial charge on any atom is -0.381 e. The summed E-state index contributed by atoms with van der Waals surface area (Å²) in [6.07, 6.45) is 8.31. The minimum absolute atomic E-state index is 0.804. The molecule has 1 aliphatic carbocycles. The molecule has 1 N–H and O–H groups in total. The van der Waals surface area contributed by atoms with Gasteiger partial charge in [0.05, 0.1) is 0 Å². The van der Waals surface area contributed by atoms with Crippen LogP contribution in [0.1, 0.15) is 38.5 Å². The molecule has 1 aliphatic heterocycles. The fourth-order valence-corrected chi connectivity index (χ4v) is 3.11. The molecule has 2 aliphatic rings. The van der Waals surface area contributed by atoms with Gasteiger partial charge in [-0.15, -0.1) is 0 Å². The molecule has 14 heavy (non-hydrogen) atoms. The van der Waals surface area contributed by atoms with Gasteiger partial charge in [-0.1, -0.05) is 6.42 Å². The second-order valence-corrected chi connectivity index (χ2v) is 4.88. The van der Waals surface area contributed by atoms with Gasteiger partial charge in [0.1, 0.15) is 0 Å². The van der Waals surface area contributed by atoms with Gasteiger partial charge in [0.2, 0.25) is 0 Å². The summed E-state index contributed by atoms with van der Waals surface area (Å²) in [4.78, 5) is 0. The Kier molecular flexibility index (Phi) is 3.82. The molecule has 2 nitrogen and oxygen atoms in total. The first-order chi connectivity index (χ1) is 6.90. The van der Waals surface area contributed by atoms with Gasteiger partial charge in [-0.25, -0.2) is 0 Å². The van der Waals surface area contributed by atoms with Crippen molar-refractivity contribution in [3.05, 3.63) is 0 Å². The quantitative estimate of drug-likeness (QED) is 0.749. The highest BCUT2D eigenvalue weighted by molar-refractivity contribution is 4.84. The predicted molar refractivity (Wildman–Crippen MR) is 58.3 cm³/mol. The summed E-state index contributed by atoms with van der Waals surface area (Å²) >= 11 is 0. The molecule has 0 spiro atoms. The van der Waals surface area contributed by atoms with E-state index in [9.17, 15) is 0 Å². The van der Waals surface area contributed by atoms with Crippen LogP contribution in [0.15, 0.2) is 0 Å². The molecule has 0 aromatic rings. The maximum Gasteiger partial charge on any atom is 0.0468 e. The van der Waals surface area contributed by atoms with Crippen molar-refractivity contribution >= 4 is 0 Å². The van der Waals surface area contributed by atoms with Gasteiger partial charge in [0.15, 0.2) is 0 Å². The Balaban J connectivity index is 1.77. The third-order valence-electron chi connectivity index (χ3n) is 4.01. The molecular weight excluding hydrogens is 174 g/mol. The van der Waals surface area contributed by atoms with E-state index in [-0.39, 0.29) is 0 Å². The molecule has 1 saturated heterocycles. The summed E-state index contributed by atoms with van der Waals surface area (Å²) in [6, 6.07) is 0.804. The maximum atomic E-state index is 5.40. The SMILES string of the molecule is CNC1CCCC1CC1CCOCC1. The van der Waals surface area contributed by atoms with Crippen LogP contribution in [-0.2, 0) is 4.74 Å². The van der Waals surface area contributed by atoms with E-state index in [0.29, 0.717) is 0 Å². The highest BCUT2D eigenvalue weighted by Crippen LogP contribution is 2.33. The average Bonchev–Trinajstić information content (AvgIpc) is 2.67. The zero-order chi connectivity index (χ0) is 9.80. The summed E-state index contributed by atoms with van der Waals surface area (Å²) < 4.78 is 5.40. The molecule has 0 bridgehead atoms. The van der Waals surface area contributed by atoms with Crippen molar-refractivity contribution in [1.29, 1.82) is 0 Å². The third kappa shape index (κ3) is 2.48. The summed E-state index contributed by atoms with van der Waals surface area (Å²) in [5, 5.41) is 3.47. The second-order valence-electron chi connectivity index (χ2n) is 4.88. The van der Waals surface area contributed by atoms with Crippen molar-refractivity contribution < 1.29 is 4.74 Å². The van der Waals surface area contributed by atoms with Crippen molar-refractivity contribution in [2.75, 3.05) is 20.3 Å². The second kappa shape index (κ2) is 5.13. The Labute approximate surface area is 87.4 Å². The minimum atomic E-state index is 0.804. The van der Waals surface area contributed by atoms with Crippen molar-refractivity contribution in [2.45, 2.75) is 44.6 Å². The Hall–Kier alpha value is -0.0800. The third-order valence-corrected chi connectivity index (χ3v) is 4.01. The average molecular weight is 197 g/mol. The van der Waals surface area contributed by atoms with Gasteiger partial charge in [-0.3, -0.25) is 0 Å². The van der Waals surface area contributed by atoms with E-state index in [4.69, 9.17) is 4.74 Å². The molecule has 2 fully saturated rings. The van der Waals surface area contributed by atoms with Crippen LogP contribution in [0.25, 0.3) is 0 Å².